The Labute approximate surface area is 358 Å². The van der Waals surface area contributed by atoms with Gasteiger partial charge in [0.05, 0.1) is 27.7 Å². The molecule has 9 nitrogen and oxygen atoms in total. The van der Waals surface area contributed by atoms with E-state index in [9.17, 15) is 19.0 Å². The third-order valence-electron chi connectivity index (χ3n) is 10.5. The molecule has 0 bridgehead atoms. The van der Waals surface area contributed by atoms with E-state index in [1.54, 1.807) is 0 Å². The van der Waals surface area contributed by atoms with Crippen LogP contribution in [0.2, 0.25) is 0 Å². The van der Waals surface area contributed by atoms with Crippen LogP contribution >= 0.6 is 7.82 Å². The van der Waals surface area contributed by atoms with E-state index in [1.165, 1.54) is 135 Å². The quantitative estimate of drug-likeness (QED) is 0.0196. The van der Waals surface area contributed by atoms with Gasteiger partial charge in [0.25, 0.3) is 7.82 Å². The van der Waals surface area contributed by atoms with Crippen LogP contribution in [-0.4, -0.2) is 70.0 Å². The zero-order valence-corrected chi connectivity index (χ0v) is 39.4. The first-order chi connectivity index (χ1) is 28.0. The Balaban J connectivity index is 4.28. The number of carbonyl (C=O) groups excluding carboxylic acids is 2. The third kappa shape index (κ3) is 44.1. The van der Waals surface area contributed by atoms with Gasteiger partial charge in [-0.1, -0.05) is 186 Å². The first-order valence-electron chi connectivity index (χ1n) is 24.0. The minimum Gasteiger partial charge on any atom is -0.756 e. The van der Waals surface area contributed by atoms with Crippen molar-refractivity contribution in [2.75, 3.05) is 47.5 Å². The van der Waals surface area contributed by atoms with Crippen LogP contribution in [-0.2, 0) is 32.7 Å². The molecule has 0 amide bonds. The van der Waals surface area contributed by atoms with Crippen LogP contribution in [0.5, 0.6) is 0 Å². The molecule has 0 aromatic rings. The summed E-state index contributed by atoms with van der Waals surface area (Å²) in [4.78, 5) is 37.6. The minimum atomic E-state index is -4.62. The lowest BCUT2D eigenvalue weighted by atomic mass is 10.0. The van der Waals surface area contributed by atoms with Gasteiger partial charge in [0.15, 0.2) is 6.10 Å². The maximum Gasteiger partial charge on any atom is 0.306 e. The number of esters is 2. The summed E-state index contributed by atoms with van der Waals surface area (Å²) in [6, 6.07) is 0. The molecule has 0 aromatic heterocycles. The molecule has 0 fully saturated rings. The first-order valence-corrected chi connectivity index (χ1v) is 25.5. The van der Waals surface area contributed by atoms with E-state index in [2.05, 4.69) is 38.2 Å². The molecule has 0 radical (unpaired) electrons. The molecule has 0 aliphatic rings. The van der Waals surface area contributed by atoms with Crippen LogP contribution < -0.4 is 4.89 Å². The molecule has 58 heavy (non-hydrogen) atoms. The second-order valence-corrected chi connectivity index (χ2v) is 18.9. The lowest BCUT2D eigenvalue weighted by Gasteiger charge is -2.28. The number of hydrogen-bond donors (Lipinski definition) is 0. The van der Waals surface area contributed by atoms with Crippen molar-refractivity contribution < 1.29 is 42.1 Å². The smallest absolute Gasteiger partial charge is 0.306 e. The summed E-state index contributed by atoms with van der Waals surface area (Å²) < 4.78 is 34.0. The van der Waals surface area contributed by atoms with Gasteiger partial charge < -0.3 is 27.9 Å². The van der Waals surface area contributed by atoms with Gasteiger partial charge in [-0.25, -0.2) is 0 Å². The number of nitrogens with zero attached hydrogens (tertiary/aromatic N) is 1. The molecule has 0 aliphatic carbocycles. The Morgan fingerprint density at radius 2 is 0.931 bits per heavy atom. The Bertz CT molecular complexity index is 1040. The van der Waals surface area contributed by atoms with E-state index in [0.29, 0.717) is 17.4 Å². The van der Waals surface area contributed by atoms with Crippen molar-refractivity contribution in [2.24, 2.45) is 0 Å². The third-order valence-corrected chi connectivity index (χ3v) is 11.4. The number of allylic oxidation sites excluding steroid dienone is 4. The first kappa shape index (κ1) is 56.5. The summed E-state index contributed by atoms with van der Waals surface area (Å²) in [6.07, 6.45) is 44.8. The van der Waals surface area contributed by atoms with Crippen LogP contribution in [0, 0.1) is 0 Å². The van der Waals surface area contributed by atoms with Crippen LogP contribution in [0.1, 0.15) is 219 Å². The molecule has 0 saturated carbocycles. The van der Waals surface area contributed by atoms with E-state index >= 15 is 0 Å². The van der Waals surface area contributed by atoms with Crippen molar-refractivity contribution in [3.8, 4) is 0 Å². The molecule has 342 valence electrons. The number of unbranched alkanes of at least 4 members (excludes halogenated alkanes) is 26. The van der Waals surface area contributed by atoms with Crippen LogP contribution in [0.4, 0.5) is 0 Å². The number of rotatable bonds is 44. The zero-order chi connectivity index (χ0) is 42.8. The van der Waals surface area contributed by atoms with E-state index in [1.807, 2.05) is 21.1 Å². The predicted molar refractivity (Wildman–Crippen MR) is 241 cm³/mol. The largest absolute Gasteiger partial charge is 0.756 e. The Morgan fingerprint density at radius 3 is 1.40 bits per heavy atom. The summed E-state index contributed by atoms with van der Waals surface area (Å²) in [6.45, 7) is 4.23. The van der Waals surface area contributed by atoms with E-state index in [0.717, 1.165) is 51.4 Å². The van der Waals surface area contributed by atoms with E-state index < -0.39 is 26.5 Å². The Kier molecular flexibility index (Phi) is 39.8. The molecule has 0 aliphatic heterocycles. The second kappa shape index (κ2) is 40.9. The number of phosphoric acid groups is 1. The van der Waals surface area contributed by atoms with Crippen LogP contribution in [0.3, 0.4) is 0 Å². The summed E-state index contributed by atoms with van der Waals surface area (Å²) in [5.41, 5.74) is 0. The number of quaternary nitrogens is 1. The molecule has 0 aromatic carbocycles. The highest BCUT2D eigenvalue weighted by molar-refractivity contribution is 7.45. The van der Waals surface area contributed by atoms with Gasteiger partial charge in [-0.3, -0.25) is 14.2 Å². The number of ether oxygens (including phenoxy) is 2. The normalized spacial score (nSPS) is 13.7. The zero-order valence-electron chi connectivity index (χ0n) is 38.5. The van der Waals surface area contributed by atoms with Crippen LogP contribution in [0.15, 0.2) is 24.3 Å². The lowest BCUT2D eigenvalue weighted by Crippen LogP contribution is -2.37. The van der Waals surface area contributed by atoms with Crippen molar-refractivity contribution >= 4 is 19.8 Å². The molecule has 0 rings (SSSR count). The summed E-state index contributed by atoms with van der Waals surface area (Å²) >= 11 is 0. The molecular weight excluding hydrogens is 750 g/mol. The highest BCUT2D eigenvalue weighted by atomic mass is 31.2. The summed E-state index contributed by atoms with van der Waals surface area (Å²) in [5, 5.41) is 0. The Morgan fingerprint density at radius 1 is 0.534 bits per heavy atom. The van der Waals surface area contributed by atoms with Gasteiger partial charge in [-0.2, -0.15) is 0 Å². The molecule has 0 saturated heterocycles. The molecule has 0 N–H and O–H groups in total. The summed E-state index contributed by atoms with van der Waals surface area (Å²) in [7, 11) is 1.17. The minimum absolute atomic E-state index is 0.0296. The van der Waals surface area contributed by atoms with Crippen molar-refractivity contribution in [1.82, 2.24) is 0 Å². The molecule has 2 atom stereocenters. The number of hydrogen-bond acceptors (Lipinski definition) is 8. The van der Waals surface area contributed by atoms with Crippen molar-refractivity contribution in [3.05, 3.63) is 24.3 Å². The summed E-state index contributed by atoms with van der Waals surface area (Å²) in [5.74, 6) is -0.829. The van der Waals surface area contributed by atoms with Gasteiger partial charge in [-0.05, 0) is 44.9 Å². The van der Waals surface area contributed by atoms with Crippen molar-refractivity contribution in [3.63, 3.8) is 0 Å². The van der Waals surface area contributed by atoms with Gasteiger partial charge in [0.1, 0.15) is 19.8 Å². The fourth-order valence-corrected chi connectivity index (χ4v) is 7.41. The average Bonchev–Trinajstić information content (AvgIpc) is 3.17. The number of likely N-dealkylation sites (N-methyl/N-ethyl adjacent to an activating group) is 1. The maximum absolute atomic E-state index is 12.7. The van der Waals surface area contributed by atoms with E-state index in [-0.39, 0.29) is 32.0 Å². The van der Waals surface area contributed by atoms with Crippen molar-refractivity contribution in [2.45, 2.75) is 225 Å². The lowest BCUT2D eigenvalue weighted by molar-refractivity contribution is -0.870. The highest BCUT2D eigenvalue weighted by Gasteiger charge is 2.21. The average molecular weight is 842 g/mol. The van der Waals surface area contributed by atoms with Gasteiger partial charge in [0, 0.05) is 12.8 Å². The van der Waals surface area contributed by atoms with Crippen molar-refractivity contribution in [1.29, 1.82) is 0 Å². The topological polar surface area (TPSA) is 111 Å². The Hall–Kier alpha value is -1.51. The second-order valence-electron chi connectivity index (χ2n) is 17.5. The number of carbonyl (C=O) groups is 2. The molecule has 1 unspecified atom stereocenters. The highest BCUT2D eigenvalue weighted by Crippen LogP contribution is 2.38. The van der Waals surface area contributed by atoms with Gasteiger partial charge in [0.2, 0.25) is 0 Å². The molecular formula is C48H92NO8P. The SMILES string of the molecule is CCCCC/C=C\C/C=C\CCCCCCCCCCCC(=O)O[C@H](COC(=O)CCCCCCCCCCCCCCCCC)COP(=O)([O-])OCC[N+](C)(C)C. The number of phosphoric ester groups is 1. The predicted octanol–water partition coefficient (Wildman–Crippen LogP) is 13.3. The van der Waals surface area contributed by atoms with Crippen LogP contribution in [0.25, 0.3) is 0 Å². The fraction of sp³-hybridized carbons (Fsp3) is 0.875. The molecule has 10 heteroatoms. The monoisotopic (exact) mass is 842 g/mol. The molecule has 0 spiro atoms. The van der Waals surface area contributed by atoms with Gasteiger partial charge in [-0.15, -0.1) is 0 Å². The standard InChI is InChI=1S/C48H92NO8P/c1-6-8-10-12-14-16-18-20-22-23-24-25-27-29-31-33-35-37-39-41-48(51)57-46(45-56-58(52,53)55-43-42-49(3,4)5)44-54-47(50)40-38-36-34-32-30-28-26-21-19-17-15-13-11-9-7-2/h14,16,20,22,46H,6-13,15,17-19,21,23-45H2,1-5H3/b16-14-,22-20-/t46-/m1/s1. The fourth-order valence-electron chi connectivity index (χ4n) is 6.69. The maximum atomic E-state index is 12.7. The van der Waals surface area contributed by atoms with Gasteiger partial charge >= 0.3 is 11.9 Å². The molecule has 0 heterocycles. The van der Waals surface area contributed by atoms with E-state index in [4.69, 9.17) is 18.5 Å².